The van der Waals surface area contributed by atoms with Crippen molar-refractivity contribution in [3.63, 3.8) is 0 Å². The molecule has 0 aromatic heterocycles. The molecular weight excluding hydrogens is 274 g/mol. The lowest BCUT2D eigenvalue weighted by Crippen LogP contribution is -2.44. The molecule has 3 rings (SSSR count). The van der Waals surface area contributed by atoms with Crippen molar-refractivity contribution in [2.24, 2.45) is 0 Å². The third-order valence-corrected chi connectivity index (χ3v) is 3.61. The van der Waals surface area contributed by atoms with Crippen LogP contribution in [-0.2, 0) is 17.8 Å². The maximum Gasteiger partial charge on any atom is 0.241 e. The van der Waals surface area contributed by atoms with E-state index < -0.39 is 17.7 Å². The van der Waals surface area contributed by atoms with Crippen LogP contribution in [0.2, 0.25) is 0 Å². The molecular formula is C16H14F2N2O. The van der Waals surface area contributed by atoms with Gasteiger partial charge in [-0.05, 0) is 29.7 Å². The lowest BCUT2D eigenvalue weighted by molar-refractivity contribution is -0.118. The fourth-order valence-corrected chi connectivity index (χ4v) is 2.46. The zero-order valence-corrected chi connectivity index (χ0v) is 11.2. The summed E-state index contributed by atoms with van der Waals surface area (Å²) in [7, 11) is 0. The average Bonchev–Trinajstić information content (AvgIpc) is 2.51. The molecule has 2 N–H and O–H groups in total. The molecule has 1 atom stereocenters. The van der Waals surface area contributed by atoms with Gasteiger partial charge in [0.15, 0.2) is 11.6 Å². The molecule has 1 amide bonds. The molecule has 0 spiro atoms. The van der Waals surface area contributed by atoms with E-state index in [4.69, 9.17) is 0 Å². The van der Waals surface area contributed by atoms with Gasteiger partial charge in [0.05, 0.1) is 11.7 Å². The summed E-state index contributed by atoms with van der Waals surface area (Å²) in [4.78, 5) is 12.2. The fraction of sp³-hybridized carbons (Fsp3) is 0.188. The first kappa shape index (κ1) is 13.7. The second-order valence-electron chi connectivity index (χ2n) is 5.00. The molecule has 1 heterocycles. The lowest BCUT2D eigenvalue weighted by Gasteiger charge is -2.25. The first-order chi connectivity index (χ1) is 10.1. The van der Waals surface area contributed by atoms with Gasteiger partial charge in [0.2, 0.25) is 5.91 Å². The number of halogens is 2. The van der Waals surface area contributed by atoms with Gasteiger partial charge >= 0.3 is 0 Å². The number of anilines is 1. The highest BCUT2D eigenvalue weighted by atomic mass is 19.2. The normalized spacial score (nSPS) is 17.1. The standard InChI is InChI=1S/C16H14F2N2O/c17-12-6-3-7-13(15(12)18)20-16(21)14-8-10-4-1-2-5-11(10)9-19-14/h1-7,14,19H,8-9H2,(H,20,21)/t14-/m0/s1. The first-order valence-electron chi connectivity index (χ1n) is 6.70. The summed E-state index contributed by atoms with van der Waals surface area (Å²) in [5.41, 5.74) is 2.11. The van der Waals surface area contributed by atoms with E-state index in [2.05, 4.69) is 10.6 Å². The number of carbonyl (C=O) groups excluding carboxylic acids is 1. The van der Waals surface area contributed by atoms with Crippen LogP contribution in [0.5, 0.6) is 0 Å². The van der Waals surface area contributed by atoms with E-state index in [9.17, 15) is 13.6 Å². The molecule has 2 aromatic carbocycles. The molecule has 0 radical (unpaired) electrons. The van der Waals surface area contributed by atoms with E-state index >= 15 is 0 Å². The largest absolute Gasteiger partial charge is 0.322 e. The number of carbonyl (C=O) groups is 1. The molecule has 0 saturated heterocycles. The van der Waals surface area contributed by atoms with E-state index in [0.717, 1.165) is 17.2 Å². The van der Waals surface area contributed by atoms with Crippen molar-refractivity contribution in [2.45, 2.75) is 19.0 Å². The third kappa shape index (κ3) is 2.78. The van der Waals surface area contributed by atoms with E-state index in [1.54, 1.807) is 0 Å². The molecule has 0 bridgehead atoms. The highest BCUT2D eigenvalue weighted by Gasteiger charge is 2.24. The predicted octanol–water partition coefficient (Wildman–Crippen LogP) is 2.62. The van der Waals surface area contributed by atoms with Crippen molar-refractivity contribution < 1.29 is 13.6 Å². The topological polar surface area (TPSA) is 41.1 Å². The number of hydrogen-bond acceptors (Lipinski definition) is 2. The summed E-state index contributed by atoms with van der Waals surface area (Å²) in [6.45, 7) is 0.583. The zero-order valence-electron chi connectivity index (χ0n) is 11.2. The molecule has 1 aliphatic rings. The van der Waals surface area contributed by atoms with Gasteiger partial charge in [-0.3, -0.25) is 4.79 Å². The summed E-state index contributed by atoms with van der Waals surface area (Å²) in [6, 6.07) is 11.1. The Morgan fingerprint density at radius 2 is 1.86 bits per heavy atom. The van der Waals surface area contributed by atoms with Crippen molar-refractivity contribution in [3.8, 4) is 0 Å². The van der Waals surface area contributed by atoms with E-state index in [1.807, 2.05) is 24.3 Å². The van der Waals surface area contributed by atoms with Gasteiger partial charge in [0.25, 0.3) is 0 Å². The van der Waals surface area contributed by atoms with Gasteiger partial charge in [0.1, 0.15) is 0 Å². The molecule has 2 aromatic rings. The Balaban J connectivity index is 1.74. The maximum absolute atomic E-state index is 13.6. The van der Waals surface area contributed by atoms with Crippen molar-refractivity contribution >= 4 is 11.6 Å². The maximum atomic E-state index is 13.6. The Hall–Kier alpha value is -2.27. The van der Waals surface area contributed by atoms with Crippen LogP contribution in [0.25, 0.3) is 0 Å². The van der Waals surface area contributed by atoms with Crippen molar-refractivity contribution in [3.05, 3.63) is 65.2 Å². The number of rotatable bonds is 2. The summed E-state index contributed by atoms with van der Waals surface area (Å²) in [5, 5.41) is 5.54. The molecule has 3 nitrogen and oxygen atoms in total. The molecule has 0 unspecified atom stereocenters. The van der Waals surface area contributed by atoms with Crippen LogP contribution < -0.4 is 10.6 Å². The molecule has 0 aliphatic carbocycles. The number of amides is 1. The van der Waals surface area contributed by atoms with E-state index in [0.29, 0.717) is 13.0 Å². The highest BCUT2D eigenvalue weighted by Crippen LogP contribution is 2.19. The molecule has 108 valence electrons. The van der Waals surface area contributed by atoms with Gasteiger partial charge in [-0.25, -0.2) is 8.78 Å². The number of hydrogen-bond donors (Lipinski definition) is 2. The molecule has 0 saturated carbocycles. The van der Waals surface area contributed by atoms with Gasteiger partial charge in [-0.2, -0.15) is 0 Å². The van der Waals surface area contributed by atoms with Crippen LogP contribution in [0, 0.1) is 11.6 Å². The summed E-state index contributed by atoms with van der Waals surface area (Å²) >= 11 is 0. The van der Waals surface area contributed by atoms with Crippen molar-refractivity contribution in [2.75, 3.05) is 5.32 Å². The molecule has 0 fully saturated rings. The third-order valence-electron chi connectivity index (χ3n) is 3.61. The Labute approximate surface area is 121 Å². The van der Waals surface area contributed by atoms with Crippen LogP contribution in [0.4, 0.5) is 14.5 Å². The SMILES string of the molecule is O=C(Nc1cccc(F)c1F)[C@@H]1Cc2ccccc2CN1. The van der Waals surface area contributed by atoms with Crippen LogP contribution in [0.15, 0.2) is 42.5 Å². The van der Waals surface area contributed by atoms with Crippen LogP contribution >= 0.6 is 0 Å². The van der Waals surface area contributed by atoms with Gasteiger partial charge in [-0.15, -0.1) is 0 Å². The van der Waals surface area contributed by atoms with E-state index in [1.165, 1.54) is 12.1 Å². The monoisotopic (exact) mass is 288 g/mol. The highest BCUT2D eigenvalue weighted by molar-refractivity contribution is 5.95. The summed E-state index contributed by atoms with van der Waals surface area (Å²) in [6.07, 6.45) is 0.527. The smallest absolute Gasteiger partial charge is 0.241 e. The molecule has 1 aliphatic heterocycles. The minimum absolute atomic E-state index is 0.138. The molecule has 5 heteroatoms. The minimum atomic E-state index is -1.04. The second kappa shape index (κ2) is 5.61. The van der Waals surface area contributed by atoms with Crippen LogP contribution in [0.3, 0.4) is 0 Å². The van der Waals surface area contributed by atoms with Crippen LogP contribution in [-0.4, -0.2) is 11.9 Å². The number of nitrogens with one attached hydrogen (secondary N) is 2. The van der Waals surface area contributed by atoms with Crippen molar-refractivity contribution in [1.82, 2.24) is 5.32 Å². The number of benzene rings is 2. The summed E-state index contributed by atoms with van der Waals surface area (Å²) < 4.78 is 26.7. The molecule has 21 heavy (non-hydrogen) atoms. The van der Waals surface area contributed by atoms with Crippen LogP contribution in [0.1, 0.15) is 11.1 Å². The predicted molar refractivity (Wildman–Crippen MR) is 75.8 cm³/mol. The zero-order chi connectivity index (χ0) is 14.8. The van der Waals surface area contributed by atoms with Gasteiger partial charge in [0, 0.05) is 6.54 Å². The average molecular weight is 288 g/mol. The van der Waals surface area contributed by atoms with Gasteiger partial charge < -0.3 is 10.6 Å². The second-order valence-corrected chi connectivity index (χ2v) is 5.00. The minimum Gasteiger partial charge on any atom is -0.322 e. The quantitative estimate of drug-likeness (QED) is 0.892. The Kier molecular flexibility index (Phi) is 3.66. The Morgan fingerprint density at radius 1 is 1.10 bits per heavy atom. The Bertz CT molecular complexity index is 688. The number of fused-ring (bicyclic) bond motifs is 1. The fourth-order valence-electron chi connectivity index (χ4n) is 2.46. The van der Waals surface area contributed by atoms with E-state index in [-0.39, 0.29) is 11.6 Å². The van der Waals surface area contributed by atoms with Gasteiger partial charge in [-0.1, -0.05) is 30.3 Å². The Morgan fingerprint density at radius 3 is 2.67 bits per heavy atom. The lowest BCUT2D eigenvalue weighted by atomic mass is 9.95. The summed E-state index contributed by atoms with van der Waals surface area (Å²) in [5.74, 6) is -2.38. The van der Waals surface area contributed by atoms with Crippen molar-refractivity contribution in [1.29, 1.82) is 0 Å². The first-order valence-corrected chi connectivity index (χ1v) is 6.70.